The van der Waals surface area contributed by atoms with Gasteiger partial charge in [-0.3, -0.25) is 9.69 Å². The van der Waals surface area contributed by atoms with Gasteiger partial charge in [-0.25, -0.2) is 0 Å². The van der Waals surface area contributed by atoms with E-state index >= 15 is 0 Å². The lowest BCUT2D eigenvalue weighted by atomic mass is 10.0. The van der Waals surface area contributed by atoms with Crippen molar-refractivity contribution in [3.05, 3.63) is 20.8 Å². The summed E-state index contributed by atoms with van der Waals surface area (Å²) in [5, 5.41) is 0. The van der Waals surface area contributed by atoms with E-state index in [9.17, 15) is 4.79 Å². The Kier molecular flexibility index (Phi) is 5.94. The van der Waals surface area contributed by atoms with Crippen LogP contribution in [0.2, 0.25) is 0 Å². The number of carbonyl (C=O) groups is 1. The first-order valence-corrected chi connectivity index (χ1v) is 10.1. The number of nitrogens with zero attached hydrogens (tertiary/aromatic N) is 2. The Morgan fingerprint density at radius 3 is 2.55 bits per heavy atom. The third kappa shape index (κ3) is 4.56. The summed E-state index contributed by atoms with van der Waals surface area (Å²) in [4.78, 5) is 18.3. The van der Waals surface area contributed by atoms with Gasteiger partial charge in [-0.15, -0.1) is 11.3 Å². The smallest absolute Gasteiger partial charge is 0.222 e. The Morgan fingerprint density at radius 2 is 1.91 bits per heavy atom. The molecule has 1 saturated heterocycles. The number of hydrogen-bond donors (Lipinski definition) is 0. The van der Waals surface area contributed by atoms with Gasteiger partial charge in [0.2, 0.25) is 5.91 Å². The van der Waals surface area contributed by atoms with Gasteiger partial charge in [-0.05, 0) is 40.4 Å². The quantitative estimate of drug-likeness (QED) is 0.761. The molecule has 1 aromatic heterocycles. The zero-order valence-corrected chi connectivity index (χ0v) is 15.5. The highest BCUT2D eigenvalue weighted by Crippen LogP contribution is 2.29. The van der Waals surface area contributed by atoms with Crippen molar-refractivity contribution < 1.29 is 4.79 Å². The minimum absolute atomic E-state index is 0.380. The lowest BCUT2D eigenvalue weighted by Gasteiger charge is -2.34. The monoisotopic (exact) mass is 384 g/mol. The summed E-state index contributed by atoms with van der Waals surface area (Å²) in [6.07, 6.45) is 7.31. The maximum absolute atomic E-state index is 12.3. The van der Waals surface area contributed by atoms with Crippen LogP contribution in [0.4, 0.5) is 0 Å². The van der Waals surface area contributed by atoms with Crippen molar-refractivity contribution in [3.8, 4) is 0 Å². The summed E-state index contributed by atoms with van der Waals surface area (Å²) in [6.45, 7) is 4.82. The normalized spacial score (nSPS) is 20.7. The van der Waals surface area contributed by atoms with Gasteiger partial charge < -0.3 is 4.90 Å². The van der Waals surface area contributed by atoms with Gasteiger partial charge in [0.1, 0.15) is 0 Å². The van der Waals surface area contributed by atoms with Crippen LogP contribution in [0.1, 0.15) is 43.4 Å². The van der Waals surface area contributed by atoms with Gasteiger partial charge >= 0.3 is 0 Å². The molecule has 0 aromatic carbocycles. The zero-order valence-electron chi connectivity index (χ0n) is 13.1. The first-order valence-electron chi connectivity index (χ1n) is 8.45. The predicted molar refractivity (Wildman–Crippen MR) is 95.1 cm³/mol. The average molecular weight is 385 g/mol. The van der Waals surface area contributed by atoms with Crippen LogP contribution in [-0.2, 0) is 11.3 Å². The van der Waals surface area contributed by atoms with E-state index < -0.39 is 0 Å². The van der Waals surface area contributed by atoms with Crippen molar-refractivity contribution in [1.82, 2.24) is 9.80 Å². The van der Waals surface area contributed by atoms with Gasteiger partial charge in [0, 0.05) is 44.0 Å². The van der Waals surface area contributed by atoms with E-state index in [1.54, 1.807) is 11.3 Å². The molecule has 0 radical (unpaired) electrons. The number of thiophene rings is 1. The van der Waals surface area contributed by atoms with Gasteiger partial charge in [0.05, 0.1) is 3.79 Å². The van der Waals surface area contributed by atoms with E-state index in [1.165, 1.54) is 34.3 Å². The summed E-state index contributed by atoms with van der Waals surface area (Å²) in [5.41, 5.74) is 0. The Labute approximate surface area is 145 Å². The molecule has 1 saturated carbocycles. The van der Waals surface area contributed by atoms with Crippen LogP contribution in [0.3, 0.4) is 0 Å². The van der Waals surface area contributed by atoms with Crippen molar-refractivity contribution in [2.45, 2.75) is 45.1 Å². The van der Waals surface area contributed by atoms with Crippen molar-refractivity contribution in [2.24, 2.45) is 5.92 Å². The highest BCUT2D eigenvalue weighted by atomic mass is 79.9. The standard InChI is InChI=1S/C17H25BrN2OS/c18-16-7-6-15(22-16)13-19-9-11-20(12-10-19)17(21)8-5-14-3-1-2-4-14/h6-7,14H,1-5,8-13H2. The maximum Gasteiger partial charge on any atom is 0.222 e. The molecule has 2 fully saturated rings. The molecular formula is C17H25BrN2OS. The van der Waals surface area contributed by atoms with Crippen LogP contribution in [-0.4, -0.2) is 41.9 Å². The molecule has 1 aromatic rings. The minimum atomic E-state index is 0.380. The highest BCUT2D eigenvalue weighted by Gasteiger charge is 2.23. The number of rotatable bonds is 5. The molecule has 1 amide bonds. The molecule has 22 heavy (non-hydrogen) atoms. The molecule has 1 aliphatic carbocycles. The molecule has 3 nitrogen and oxygen atoms in total. The van der Waals surface area contributed by atoms with Crippen LogP contribution in [0.25, 0.3) is 0 Å². The van der Waals surface area contributed by atoms with E-state index in [0.717, 1.165) is 51.5 Å². The Balaban J connectivity index is 1.38. The number of halogens is 1. The summed E-state index contributed by atoms with van der Waals surface area (Å²) >= 11 is 5.32. The maximum atomic E-state index is 12.3. The van der Waals surface area contributed by atoms with Crippen LogP contribution in [0, 0.1) is 5.92 Å². The molecule has 5 heteroatoms. The van der Waals surface area contributed by atoms with Crippen LogP contribution in [0.15, 0.2) is 15.9 Å². The molecule has 2 aliphatic rings. The number of piperazine rings is 1. The van der Waals surface area contributed by atoms with Crippen molar-refractivity contribution >= 4 is 33.2 Å². The van der Waals surface area contributed by atoms with E-state index in [4.69, 9.17) is 0 Å². The predicted octanol–water partition coefficient (Wildman–Crippen LogP) is 4.13. The summed E-state index contributed by atoms with van der Waals surface area (Å²) in [7, 11) is 0. The molecule has 0 atom stereocenters. The molecule has 0 N–H and O–H groups in total. The molecule has 122 valence electrons. The highest BCUT2D eigenvalue weighted by molar-refractivity contribution is 9.11. The molecule has 2 heterocycles. The van der Waals surface area contributed by atoms with Gasteiger partial charge in [-0.2, -0.15) is 0 Å². The first-order chi connectivity index (χ1) is 10.7. The third-order valence-electron chi connectivity index (χ3n) is 4.97. The number of hydrogen-bond acceptors (Lipinski definition) is 3. The second-order valence-corrected chi connectivity index (χ2v) is 9.10. The number of amides is 1. The van der Waals surface area contributed by atoms with Gasteiger partial charge in [0.25, 0.3) is 0 Å². The largest absolute Gasteiger partial charge is 0.340 e. The SMILES string of the molecule is O=C(CCC1CCCC1)N1CCN(Cc2ccc(Br)s2)CC1. The molecule has 0 bridgehead atoms. The van der Waals surface area contributed by atoms with Crippen LogP contribution < -0.4 is 0 Å². The summed E-state index contributed by atoms with van der Waals surface area (Å²) in [5.74, 6) is 1.20. The first kappa shape index (κ1) is 16.5. The van der Waals surface area contributed by atoms with E-state index in [2.05, 4.69) is 37.9 Å². The minimum Gasteiger partial charge on any atom is -0.340 e. The Hall–Kier alpha value is -0.390. The second-order valence-electron chi connectivity index (χ2n) is 6.55. The van der Waals surface area contributed by atoms with Crippen LogP contribution >= 0.6 is 27.3 Å². The summed E-state index contributed by atoms with van der Waals surface area (Å²) < 4.78 is 1.20. The molecular weight excluding hydrogens is 360 g/mol. The fourth-order valence-corrected chi connectivity index (χ4v) is 5.12. The number of carbonyl (C=O) groups excluding carboxylic acids is 1. The van der Waals surface area contributed by atoms with Crippen molar-refractivity contribution in [3.63, 3.8) is 0 Å². The zero-order chi connectivity index (χ0) is 15.4. The average Bonchev–Trinajstić information content (AvgIpc) is 3.17. The van der Waals surface area contributed by atoms with E-state index in [1.807, 2.05) is 0 Å². The van der Waals surface area contributed by atoms with E-state index in [-0.39, 0.29) is 0 Å². The molecule has 0 unspecified atom stereocenters. The lowest BCUT2D eigenvalue weighted by molar-refractivity contribution is -0.133. The topological polar surface area (TPSA) is 23.6 Å². The molecule has 3 rings (SSSR count). The fourth-order valence-electron chi connectivity index (χ4n) is 3.60. The Morgan fingerprint density at radius 1 is 1.18 bits per heavy atom. The van der Waals surface area contributed by atoms with E-state index in [0.29, 0.717) is 5.91 Å². The second kappa shape index (κ2) is 7.93. The lowest BCUT2D eigenvalue weighted by Crippen LogP contribution is -2.48. The summed E-state index contributed by atoms with van der Waals surface area (Å²) in [6, 6.07) is 4.30. The third-order valence-corrected chi connectivity index (χ3v) is 6.58. The molecule has 0 spiro atoms. The van der Waals surface area contributed by atoms with Gasteiger partial charge in [-0.1, -0.05) is 25.7 Å². The fraction of sp³-hybridized carbons (Fsp3) is 0.706. The van der Waals surface area contributed by atoms with Crippen molar-refractivity contribution in [1.29, 1.82) is 0 Å². The Bertz CT molecular complexity index is 491. The van der Waals surface area contributed by atoms with Crippen molar-refractivity contribution in [2.75, 3.05) is 26.2 Å². The molecule has 1 aliphatic heterocycles. The van der Waals surface area contributed by atoms with Gasteiger partial charge in [0.15, 0.2) is 0 Å². The van der Waals surface area contributed by atoms with Crippen LogP contribution in [0.5, 0.6) is 0 Å².